The Morgan fingerprint density at radius 1 is 1.17 bits per heavy atom. The van der Waals surface area contributed by atoms with Gasteiger partial charge in [0.25, 0.3) is 5.91 Å². The van der Waals surface area contributed by atoms with Gasteiger partial charge in [0.2, 0.25) is 0 Å². The fourth-order valence-corrected chi connectivity index (χ4v) is 2.78. The molecule has 0 saturated heterocycles. The predicted molar refractivity (Wildman–Crippen MR) is 99.1 cm³/mol. The van der Waals surface area contributed by atoms with E-state index in [1.807, 2.05) is 36.4 Å². The maximum absolute atomic E-state index is 12.4. The van der Waals surface area contributed by atoms with Crippen molar-refractivity contribution in [2.24, 2.45) is 0 Å². The largest absolute Gasteiger partial charge is 0.371 e. The van der Waals surface area contributed by atoms with E-state index in [-0.39, 0.29) is 5.91 Å². The van der Waals surface area contributed by atoms with Crippen LogP contribution in [0.5, 0.6) is 0 Å². The lowest BCUT2D eigenvalue weighted by Crippen LogP contribution is -2.25. The van der Waals surface area contributed by atoms with Crippen LogP contribution in [0.1, 0.15) is 37.2 Å². The maximum atomic E-state index is 12.4. The third-order valence-corrected chi connectivity index (χ3v) is 4.14. The summed E-state index contributed by atoms with van der Waals surface area (Å²) in [7, 11) is 0. The summed E-state index contributed by atoms with van der Waals surface area (Å²) in [4.78, 5) is 18.9. The zero-order valence-corrected chi connectivity index (χ0v) is 15.1. The summed E-state index contributed by atoms with van der Waals surface area (Å²) in [5, 5.41) is 2.89. The van der Waals surface area contributed by atoms with E-state index in [0.717, 1.165) is 41.8 Å². The van der Waals surface area contributed by atoms with Gasteiger partial charge in [0.05, 0.1) is 5.69 Å². The molecule has 5 heteroatoms. The fraction of sp³-hybridized carbons (Fsp3) is 0.333. The lowest BCUT2D eigenvalue weighted by atomic mass is 10.2. The molecule has 2 rings (SSSR count). The Morgan fingerprint density at radius 3 is 2.52 bits per heavy atom. The molecule has 0 bridgehead atoms. The summed E-state index contributed by atoms with van der Waals surface area (Å²) in [6.07, 6.45) is 3.84. The Balaban J connectivity index is 2.18. The highest BCUT2D eigenvalue weighted by Crippen LogP contribution is 2.22. The van der Waals surface area contributed by atoms with Crippen molar-refractivity contribution >= 4 is 33.2 Å². The fourth-order valence-electron chi connectivity index (χ4n) is 2.40. The summed E-state index contributed by atoms with van der Waals surface area (Å²) >= 11 is 3.43. The van der Waals surface area contributed by atoms with Crippen LogP contribution in [0.2, 0.25) is 0 Å². The molecular formula is C18H22BrN3O. The number of pyridine rings is 1. The van der Waals surface area contributed by atoms with Crippen molar-refractivity contribution in [3.8, 4) is 0 Å². The van der Waals surface area contributed by atoms with Crippen LogP contribution in [0.3, 0.4) is 0 Å². The van der Waals surface area contributed by atoms with Crippen LogP contribution in [-0.4, -0.2) is 24.0 Å². The van der Waals surface area contributed by atoms with Gasteiger partial charge >= 0.3 is 0 Å². The number of hydrogen-bond acceptors (Lipinski definition) is 3. The highest BCUT2D eigenvalue weighted by molar-refractivity contribution is 9.10. The first kappa shape index (κ1) is 17.5. The van der Waals surface area contributed by atoms with Crippen LogP contribution in [0.25, 0.3) is 0 Å². The van der Waals surface area contributed by atoms with Gasteiger partial charge in [0.1, 0.15) is 5.69 Å². The van der Waals surface area contributed by atoms with Crippen LogP contribution in [-0.2, 0) is 0 Å². The molecule has 2 aromatic rings. The van der Waals surface area contributed by atoms with Crippen molar-refractivity contribution in [3.63, 3.8) is 0 Å². The summed E-state index contributed by atoms with van der Waals surface area (Å²) in [6.45, 7) is 6.26. The van der Waals surface area contributed by atoms with Crippen molar-refractivity contribution < 1.29 is 4.79 Å². The molecule has 1 aromatic carbocycles. The molecule has 0 atom stereocenters. The topological polar surface area (TPSA) is 45.2 Å². The number of rotatable bonds is 7. The van der Waals surface area contributed by atoms with E-state index >= 15 is 0 Å². The van der Waals surface area contributed by atoms with Crippen molar-refractivity contribution in [2.75, 3.05) is 23.3 Å². The minimum atomic E-state index is -0.202. The molecule has 1 heterocycles. The standard InChI is InChI=1S/C18H22BrN3O/c1-3-11-22(12-4-2)14-9-10-20-17(13-14)18(23)21-16-8-6-5-7-15(16)19/h5-10,13H,3-4,11-12H2,1-2H3,(H,21,23). The minimum Gasteiger partial charge on any atom is -0.371 e. The Labute approximate surface area is 146 Å². The van der Waals surface area contributed by atoms with Crippen LogP contribution in [0.4, 0.5) is 11.4 Å². The number of benzene rings is 1. The van der Waals surface area contributed by atoms with Gasteiger partial charge in [-0.2, -0.15) is 0 Å². The van der Waals surface area contributed by atoms with E-state index in [0.29, 0.717) is 5.69 Å². The number of hydrogen-bond donors (Lipinski definition) is 1. The lowest BCUT2D eigenvalue weighted by molar-refractivity contribution is 0.102. The van der Waals surface area contributed by atoms with Crippen molar-refractivity contribution in [1.82, 2.24) is 4.98 Å². The molecule has 4 nitrogen and oxygen atoms in total. The zero-order chi connectivity index (χ0) is 16.7. The first-order valence-electron chi connectivity index (χ1n) is 7.92. The number of halogens is 1. The normalized spacial score (nSPS) is 10.4. The molecule has 0 aliphatic carbocycles. The highest BCUT2D eigenvalue weighted by Gasteiger charge is 2.12. The van der Waals surface area contributed by atoms with E-state index in [1.54, 1.807) is 6.20 Å². The molecule has 0 aliphatic rings. The highest BCUT2D eigenvalue weighted by atomic mass is 79.9. The summed E-state index contributed by atoms with van der Waals surface area (Å²) in [5.41, 5.74) is 2.21. The van der Waals surface area contributed by atoms with Gasteiger partial charge in [-0.05, 0) is 53.0 Å². The summed E-state index contributed by atoms with van der Waals surface area (Å²) < 4.78 is 0.850. The molecule has 0 fully saturated rings. The molecule has 0 aliphatic heterocycles. The second kappa shape index (κ2) is 8.67. The molecule has 1 N–H and O–H groups in total. The lowest BCUT2D eigenvalue weighted by Gasteiger charge is -2.23. The van der Waals surface area contributed by atoms with E-state index in [1.165, 1.54) is 0 Å². The van der Waals surface area contributed by atoms with Crippen LogP contribution >= 0.6 is 15.9 Å². The third kappa shape index (κ3) is 4.79. The Kier molecular flexibility index (Phi) is 6.59. The number of nitrogens with one attached hydrogen (secondary N) is 1. The second-order valence-corrected chi connectivity index (χ2v) is 6.17. The van der Waals surface area contributed by atoms with E-state index in [9.17, 15) is 4.79 Å². The van der Waals surface area contributed by atoms with Crippen LogP contribution < -0.4 is 10.2 Å². The van der Waals surface area contributed by atoms with Crippen LogP contribution in [0.15, 0.2) is 47.1 Å². The van der Waals surface area contributed by atoms with Crippen LogP contribution in [0, 0.1) is 0 Å². The number of nitrogens with zero attached hydrogens (tertiary/aromatic N) is 2. The average molecular weight is 376 g/mol. The van der Waals surface area contributed by atoms with Crippen molar-refractivity contribution in [3.05, 3.63) is 52.8 Å². The molecule has 0 spiro atoms. The Morgan fingerprint density at radius 2 is 1.87 bits per heavy atom. The van der Waals surface area contributed by atoms with Gasteiger partial charge in [-0.3, -0.25) is 9.78 Å². The van der Waals surface area contributed by atoms with E-state index in [4.69, 9.17) is 0 Å². The molecule has 1 aromatic heterocycles. The SMILES string of the molecule is CCCN(CCC)c1ccnc(C(=O)Nc2ccccc2Br)c1. The molecule has 1 amide bonds. The number of carbonyl (C=O) groups excluding carboxylic acids is 1. The first-order chi connectivity index (χ1) is 11.2. The number of amides is 1. The maximum Gasteiger partial charge on any atom is 0.274 e. The third-order valence-electron chi connectivity index (χ3n) is 3.45. The number of para-hydroxylation sites is 1. The van der Waals surface area contributed by atoms with Crippen molar-refractivity contribution in [1.29, 1.82) is 0 Å². The summed E-state index contributed by atoms with van der Waals surface area (Å²) in [6, 6.07) is 11.4. The first-order valence-corrected chi connectivity index (χ1v) is 8.71. The average Bonchev–Trinajstić information content (AvgIpc) is 2.57. The quantitative estimate of drug-likeness (QED) is 0.760. The number of anilines is 2. The molecule has 122 valence electrons. The van der Waals surface area contributed by atoms with Gasteiger partial charge in [0.15, 0.2) is 0 Å². The van der Waals surface area contributed by atoms with Gasteiger partial charge in [-0.25, -0.2) is 0 Å². The molecule has 0 saturated carbocycles. The molecule has 0 radical (unpaired) electrons. The molecule has 0 unspecified atom stereocenters. The number of carbonyl (C=O) groups is 1. The van der Waals surface area contributed by atoms with Gasteiger partial charge < -0.3 is 10.2 Å². The smallest absolute Gasteiger partial charge is 0.274 e. The Hall–Kier alpha value is -1.88. The minimum absolute atomic E-state index is 0.202. The second-order valence-electron chi connectivity index (χ2n) is 5.32. The zero-order valence-electron chi connectivity index (χ0n) is 13.6. The summed E-state index contributed by atoms with van der Waals surface area (Å²) in [5.74, 6) is -0.202. The predicted octanol–water partition coefficient (Wildman–Crippen LogP) is 4.72. The Bertz CT molecular complexity index is 654. The van der Waals surface area contributed by atoms with Crippen molar-refractivity contribution in [2.45, 2.75) is 26.7 Å². The van der Waals surface area contributed by atoms with E-state index in [2.05, 4.69) is 45.0 Å². The monoisotopic (exact) mass is 375 g/mol. The van der Waals surface area contributed by atoms with Gasteiger partial charge in [-0.15, -0.1) is 0 Å². The molecular weight excluding hydrogens is 354 g/mol. The van der Waals surface area contributed by atoms with Gasteiger partial charge in [-0.1, -0.05) is 26.0 Å². The van der Waals surface area contributed by atoms with Gasteiger partial charge in [0, 0.05) is 29.4 Å². The van der Waals surface area contributed by atoms with E-state index < -0.39 is 0 Å². The number of aromatic nitrogens is 1. The molecule has 23 heavy (non-hydrogen) atoms.